The van der Waals surface area contributed by atoms with Crippen molar-refractivity contribution >= 4 is 35.8 Å². The lowest BCUT2D eigenvalue weighted by Gasteiger charge is -2.37. The average Bonchev–Trinajstić information content (AvgIpc) is 3.11. The fourth-order valence-electron chi connectivity index (χ4n) is 3.79. The van der Waals surface area contributed by atoms with Gasteiger partial charge in [0, 0.05) is 52.0 Å². The van der Waals surface area contributed by atoms with E-state index in [4.69, 9.17) is 4.99 Å². The van der Waals surface area contributed by atoms with E-state index in [0.717, 1.165) is 50.9 Å². The third kappa shape index (κ3) is 7.47. The highest BCUT2D eigenvalue weighted by molar-refractivity contribution is 14.0. The second kappa shape index (κ2) is 11.2. The molecule has 164 valence electrons. The van der Waals surface area contributed by atoms with E-state index in [9.17, 15) is 13.2 Å². The minimum absolute atomic E-state index is 0. The first kappa shape index (κ1) is 24.0. The number of nitrogens with one attached hydrogen (secondary N) is 1. The van der Waals surface area contributed by atoms with Crippen molar-refractivity contribution in [1.29, 1.82) is 0 Å². The van der Waals surface area contributed by atoms with Crippen molar-refractivity contribution in [1.82, 2.24) is 20.1 Å². The van der Waals surface area contributed by atoms with Crippen LogP contribution in [0.4, 0.5) is 19.0 Å². The Morgan fingerprint density at radius 1 is 1.21 bits per heavy atom. The Bertz CT molecular complexity index is 635. The molecule has 0 amide bonds. The number of aliphatic imine (C=N–C) groups is 1. The molecule has 0 saturated carbocycles. The molecule has 0 aromatic carbocycles. The Morgan fingerprint density at radius 2 is 1.97 bits per heavy atom. The van der Waals surface area contributed by atoms with Gasteiger partial charge >= 0.3 is 6.18 Å². The second-order valence-electron chi connectivity index (χ2n) is 7.36. The molecule has 0 radical (unpaired) electrons. The predicted octanol–water partition coefficient (Wildman–Crippen LogP) is 2.67. The Kier molecular flexibility index (Phi) is 9.25. The third-order valence-electron chi connectivity index (χ3n) is 5.16. The molecule has 2 saturated heterocycles. The summed E-state index contributed by atoms with van der Waals surface area (Å²) in [4.78, 5) is 15.1. The van der Waals surface area contributed by atoms with E-state index in [1.54, 1.807) is 6.20 Å². The number of rotatable bonds is 5. The first-order valence-electron chi connectivity index (χ1n) is 9.93. The molecule has 1 aromatic heterocycles. The number of alkyl halides is 3. The van der Waals surface area contributed by atoms with Crippen LogP contribution in [0.3, 0.4) is 0 Å². The normalized spacial score (nSPS) is 21.2. The van der Waals surface area contributed by atoms with Gasteiger partial charge in [-0.05, 0) is 37.9 Å². The van der Waals surface area contributed by atoms with Crippen LogP contribution in [0.15, 0.2) is 29.4 Å². The highest BCUT2D eigenvalue weighted by atomic mass is 127. The van der Waals surface area contributed by atoms with Gasteiger partial charge in [-0.15, -0.1) is 24.0 Å². The lowest BCUT2D eigenvalue weighted by Crippen LogP contribution is -2.52. The maximum absolute atomic E-state index is 12.6. The lowest BCUT2D eigenvalue weighted by atomic mass is 10.1. The number of nitrogens with zero attached hydrogens (tertiary/aromatic N) is 5. The molecule has 0 aliphatic carbocycles. The van der Waals surface area contributed by atoms with Crippen LogP contribution < -0.4 is 10.2 Å². The number of halogens is 4. The van der Waals surface area contributed by atoms with Crippen molar-refractivity contribution in [3.05, 3.63) is 24.4 Å². The third-order valence-corrected chi connectivity index (χ3v) is 5.16. The molecule has 2 aliphatic rings. The van der Waals surface area contributed by atoms with Gasteiger partial charge in [-0.25, -0.2) is 4.98 Å². The van der Waals surface area contributed by atoms with Crippen molar-refractivity contribution in [3.8, 4) is 0 Å². The minimum atomic E-state index is -4.12. The monoisotopic (exact) mass is 526 g/mol. The van der Waals surface area contributed by atoms with E-state index in [0.29, 0.717) is 19.6 Å². The molecule has 2 fully saturated rings. The van der Waals surface area contributed by atoms with Gasteiger partial charge in [0.25, 0.3) is 0 Å². The van der Waals surface area contributed by atoms with Gasteiger partial charge in [-0.1, -0.05) is 6.07 Å². The van der Waals surface area contributed by atoms with Gasteiger partial charge in [0.2, 0.25) is 0 Å². The number of hydrogen-bond acceptors (Lipinski definition) is 4. The highest BCUT2D eigenvalue weighted by Crippen LogP contribution is 2.23. The van der Waals surface area contributed by atoms with E-state index in [2.05, 4.69) is 20.1 Å². The SMILES string of the molecule is CCNC(=NCC1CCN(CC(F)(F)F)C1)N1CCN(c2ccccn2)CC1.I. The summed E-state index contributed by atoms with van der Waals surface area (Å²) in [6.07, 6.45) is -1.55. The van der Waals surface area contributed by atoms with E-state index in [1.165, 1.54) is 4.90 Å². The quantitative estimate of drug-likeness (QED) is 0.364. The zero-order chi connectivity index (χ0) is 20.0. The van der Waals surface area contributed by atoms with Crippen molar-refractivity contribution in [2.75, 3.05) is 63.8 Å². The van der Waals surface area contributed by atoms with Crippen LogP contribution in [0.2, 0.25) is 0 Å². The van der Waals surface area contributed by atoms with Crippen LogP contribution >= 0.6 is 24.0 Å². The van der Waals surface area contributed by atoms with E-state index >= 15 is 0 Å². The molecule has 1 atom stereocenters. The average molecular weight is 526 g/mol. The number of aromatic nitrogens is 1. The van der Waals surface area contributed by atoms with Gasteiger partial charge < -0.3 is 15.1 Å². The Hall–Kier alpha value is -1.30. The molecule has 6 nitrogen and oxygen atoms in total. The second-order valence-corrected chi connectivity index (χ2v) is 7.36. The standard InChI is InChI=1S/C19H29F3N6.HI/c1-2-23-18(25-13-16-6-8-26(14-16)15-19(20,21)22)28-11-9-27(10-12-28)17-5-3-4-7-24-17;/h3-5,7,16H,2,6,8-15H2,1H3,(H,23,25);1H. The number of pyridine rings is 1. The number of piperazine rings is 1. The summed E-state index contributed by atoms with van der Waals surface area (Å²) in [6, 6.07) is 5.92. The largest absolute Gasteiger partial charge is 0.401 e. The highest BCUT2D eigenvalue weighted by Gasteiger charge is 2.34. The van der Waals surface area contributed by atoms with Gasteiger partial charge in [0.15, 0.2) is 5.96 Å². The van der Waals surface area contributed by atoms with Crippen LogP contribution in [-0.4, -0.2) is 85.8 Å². The number of likely N-dealkylation sites (tertiary alicyclic amines) is 1. The first-order valence-corrected chi connectivity index (χ1v) is 9.93. The summed E-state index contributed by atoms with van der Waals surface area (Å²) >= 11 is 0. The molecule has 0 bridgehead atoms. The van der Waals surface area contributed by atoms with Gasteiger partial charge in [0.1, 0.15) is 5.82 Å². The molecule has 2 aliphatic heterocycles. The molecule has 3 rings (SSSR count). The van der Waals surface area contributed by atoms with E-state index in [1.807, 2.05) is 25.1 Å². The maximum Gasteiger partial charge on any atom is 0.401 e. The molecular weight excluding hydrogens is 496 g/mol. The van der Waals surface area contributed by atoms with Crippen LogP contribution in [0.25, 0.3) is 0 Å². The molecule has 1 N–H and O–H groups in total. The van der Waals surface area contributed by atoms with Gasteiger partial charge in [-0.2, -0.15) is 13.2 Å². The van der Waals surface area contributed by atoms with Gasteiger partial charge in [0.05, 0.1) is 6.54 Å². The molecule has 29 heavy (non-hydrogen) atoms. The lowest BCUT2D eigenvalue weighted by molar-refractivity contribution is -0.143. The molecule has 1 aromatic rings. The first-order chi connectivity index (χ1) is 13.4. The number of guanidine groups is 1. The van der Waals surface area contributed by atoms with Crippen LogP contribution in [0.1, 0.15) is 13.3 Å². The van der Waals surface area contributed by atoms with E-state index in [-0.39, 0.29) is 29.9 Å². The smallest absolute Gasteiger partial charge is 0.357 e. The molecule has 1 unspecified atom stereocenters. The van der Waals surface area contributed by atoms with Gasteiger partial charge in [-0.3, -0.25) is 9.89 Å². The van der Waals surface area contributed by atoms with Crippen molar-refractivity contribution in [2.24, 2.45) is 10.9 Å². The minimum Gasteiger partial charge on any atom is -0.357 e. The molecule has 10 heteroatoms. The summed E-state index contributed by atoms with van der Waals surface area (Å²) in [5.74, 6) is 2.03. The summed E-state index contributed by atoms with van der Waals surface area (Å²) in [7, 11) is 0. The van der Waals surface area contributed by atoms with Crippen LogP contribution in [0, 0.1) is 5.92 Å². The fraction of sp³-hybridized carbons (Fsp3) is 0.684. The maximum atomic E-state index is 12.6. The summed E-state index contributed by atoms with van der Waals surface area (Å²) in [5, 5.41) is 3.33. The molecular formula is C19H30F3IN6. The summed E-state index contributed by atoms with van der Waals surface area (Å²) in [5.41, 5.74) is 0. The summed E-state index contributed by atoms with van der Waals surface area (Å²) in [6.45, 7) is 6.92. The number of hydrogen-bond donors (Lipinski definition) is 1. The van der Waals surface area contributed by atoms with Crippen molar-refractivity contribution in [2.45, 2.75) is 19.5 Å². The van der Waals surface area contributed by atoms with Crippen LogP contribution in [0.5, 0.6) is 0 Å². The molecule has 3 heterocycles. The Labute approximate surface area is 187 Å². The fourth-order valence-corrected chi connectivity index (χ4v) is 3.79. The van der Waals surface area contributed by atoms with Crippen molar-refractivity contribution < 1.29 is 13.2 Å². The Balaban J connectivity index is 0.00000300. The Morgan fingerprint density at radius 3 is 2.59 bits per heavy atom. The molecule has 0 spiro atoms. The van der Waals surface area contributed by atoms with Crippen LogP contribution in [-0.2, 0) is 0 Å². The number of anilines is 1. The zero-order valence-electron chi connectivity index (χ0n) is 16.7. The summed E-state index contributed by atoms with van der Waals surface area (Å²) < 4.78 is 37.7. The van der Waals surface area contributed by atoms with Crippen molar-refractivity contribution in [3.63, 3.8) is 0 Å². The van der Waals surface area contributed by atoms with E-state index < -0.39 is 12.7 Å². The topological polar surface area (TPSA) is 47.0 Å². The zero-order valence-corrected chi connectivity index (χ0v) is 19.1. The predicted molar refractivity (Wildman–Crippen MR) is 120 cm³/mol.